The molecule has 2 nitrogen and oxygen atoms in total. The number of aryl methyl sites for hydroxylation is 2. The molecule has 0 bridgehead atoms. The van der Waals surface area contributed by atoms with Crippen LogP contribution < -0.4 is 10.1 Å². The average molecular weight is 276 g/mol. The largest absolute Gasteiger partial charge is 0.496 e. The lowest BCUT2D eigenvalue weighted by molar-refractivity contribution is 0.410. The Morgan fingerprint density at radius 3 is 2.37 bits per heavy atom. The summed E-state index contributed by atoms with van der Waals surface area (Å²) in [5.41, 5.74) is 4.66. The van der Waals surface area contributed by atoms with Crippen LogP contribution >= 0.6 is 11.6 Å². The monoisotopic (exact) mass is 275 g/mol. The van der Waals surface area contributed by atoms with E-state index in [0.717, 1.165) is 22.0 Å². The Labute approximate surface area is 119 Å². The Balaban J connectivity index is 2.16. The van der Waals surface area contributed by atoms with Crippen molar-refractivity contribution in [2.45, 2.75) is 20.4 Å². The van der Waals surface area contributed by atoms with E-state index in [4.69, 9.17) is 16.3 Å². The normalized spacial score (nSPS) is 10.3. The van der Waals surface area contributed by atoms with E-state index in [0.29, 0.717) is 6.54 Å². The first-order valence-corrected chi connectivity index (χ1v) is 6.61. The fraction of sp³-hybridized carbons (Fsp3) is 0.250. The number of halogens is 1. The molecule has 0 saturated carbocycles. The van der Waals surface area contributed by atoms with E-state index in [-0.39, 0.29) is 0 Å². The lowest BCUT2D eigenvalue weighted by Crippen LogP contribution is -2.02. The molecule has 0 radical (unpaired) electrons. The quantitative estimate of drug-likeness (QED) is 0.882. The maximum Gasteiger partial charge on any atom is 0.123 e. The van der Waals surface area contributed by atoms with Gasteiger partial charge in [-0.1, -0.05) is 17.7 Å². The molecule has 1 N–H and O–H groups in total. The van der Waals surface area contributed by atoms with Crippen molar-refractivity contribution < 1.29 is 4.74 Å². The van der Waals surface area contributed by atoms with E-state index >= 15 is 0 Å². The lowest BCUT2D eigenvalue weighted by atomic mass is 10.1. The Hall–Kier alpha value is -1.67. The van der Waals surface area contributed by atoms with Crippen LogP contribution in [-0.4, -0.2) is 7.11 Å². The van der Waals surface area contributed by atoms with Crippen molar-refractivity contribution in [2.75, 3.05) is 12.4 Å². The predicted octanol–water partition coefficient (Wildman–Crippen LogP) is 4.58. The van der Waals surface area contributed by atoms with Gasteiger partial charge in [-0.15, -0.1) is 0 Å². The Morgan fingerprint density at radius 2 is 1.74 bits per heavy atom. The maximum absolute atomic E-state index is 6.02. The van der Waals surface area contributed by atoms with Gasteiger partial charge in [0, 0.05) is 22.8 Å². The van der Waals surface area contributed by atoms with E-state index in [1.165, 1.54) is 11.1 Å². The topological polar surface area (TPSA) is 21.3 Å². The van der Waals surface area contributed by atoms with Crippen LogP contribution in [0.15, 0.2) is 36.4 Å². The third-order valence-electron chi connectivity index (χ3n) is 2.95. The van der Waals surface area contributed by atoms with Gasteiger partial charge < -0.3 is 10.1 Å². The molecule has 2 rings (SSSR count). The number of anilines is 1. The summed E-state index contributed by atoms with van der Waals surface area (Å²) in [6.45, 7) is 4.88. The summed E-state index contributed by atoms with van der Waals surface area (Å²) in [4.78, 5) is 0. The van der Waals surface area contributed by atoms with Gasteiger partial charge in [0.2, 0.25) is 0 Å². The van der Waals surface area contributed by atoms with Crippen molar-refractivity contribution in [1.82, 2.24) is 0 Å². The highest BCUT2D eigenvalue weighted by Gasteiger charge is 2.04. The molecule has 0 aliphatic heterocycles. The van der Waals surface area contributed by atoms with Gasteiger partial charge in [0.15, 0.2) is 0 Å². The molecular weight excluding hydrogens is 258 g/mol. The molecule has 0 heterocycles. The highest BCUT2D eigenvalue weighted by Crippen LogP contribution is 2.24. The molecular formula is C16H18ClNO. The van der Waals surface area contributed by atoms with Crippen molar-refractivity contribution in [3.63, 3.8) is 0 Å². The van der Waals surface area contributed by atoms with Crippen molar-refractivity contribution in [3.05, 3.63) is 58.1 Å². The highest BCUT2D eigenvalue weighted by molar-refractivity contribution is 6.30. The zero-order chi connectivity index (χ0) is 13.8. The molecule has 2 aromatic rings. The maximum atomic E-state index is 6.02. The lowest BCUT2D eigenvalue weighted by Gasteiger charge is -2.12. The summed E-state index contributed by atoms with van der Waals surface area (Å²) in [6.07, 6.45) is 0. The van der Waals surface area contributed by atoms with Crippen molar-refractivity contribution in [2.24, 2.45) is 0 Å². The minimum absolute atomic E-state index is 0.687. The summed E-state index contributed by atoms with van der Waals surface area (Å²) in [6, 6.07) is 12.1. The Morgan fingerprint density at radius 1 is 1.05 bits per heavy atom. The van der Waals surface area contributed by atoms with Gasteiger partial charge in [0.05, 0.1) is 7.11 Å². The van der Waals surface area contributed by atoms with Gasteiger partial charge in [-0.2, -0.15) is 0 Å². The number of benzene rings is 2. The molecule has 0 aliphatic rings. The van der Waals surface area contributed by atoms with E-state index < -0.39 is 0 Å². The first-order chi connectivity index (χ1) is 9.08. The molecule has 0 saturated heterocycles. The second-order valence-corrected chi connectivity index (χ2v) is 5.12. The van der Waals surface area contributed by atoms with Crippen LogP contribution in [0.4, 0.5) is 5.69 Å². The van der Waals surface area contributed by atoms with Crippen molar-refractivity contribution in [3.8, 4) is 5.75 Å². The molecule has 0 fully saturated rings. The molecule has 3 heteroatoms. The minimum atomic E-state index is 0.687. The predicted molar refractivity (Wildman–Crippen MR) is 81.2 cm³/mol. The highest BCUT2D eigenvalue weighted by atomic mass is 35.5. The van der Waals surface area contributed by atoms with E-state index in [2.05, 4.69) is 37.4 Å². The number of nitrogens with one attached hydrogen (secondary N) is 1. The molecule has 0 spiro atoms. The SMILES string of the molecule is COc1ccc(Cl)cc1CNc1cc(C)cc(C)c1. The first kappa shape index (κ1) is 13.8. The van der Waals surface area contributed by atoms with E-state index in [1.54, 1.807) is 7.11 Å². The summed E-state index contributed by atoms with van der Waals surface area (Å²) < 4.78 is 5.34. The van der Waals surface area contributed by atoms with Gasteiger partial charge in [-0.05, 0) is 55.3 Å². The summed E-state index contributed by atoms with van der Waals surface area (Å²) in [5, 5.41) is 4.13. The van der Waals surface area contributed by atoms with Crippen LogP contribution in [0.1, 0.15) is 16.7 Å². The summed E-state index contributed by atoms with van der Waals surface area (Å²) in [5.74, 6) is 0.848. The van der Waals surface area contributed by atoms with Crippen molar-refractivity contribution in [1.29, 1.82) is 0 Å². The fourth-order valence-corrected chi connectivity index (χ4v) is 2.35. The zero-order valence-electron chi connectivity index (χ0n) is 11.5. The number of hydrogen-bond acceptors (Lipinski definition) is 2. The smallest absolute Gasteiger partial charge is 0.123 e. The van der Waals surface area contributed by atoms with Crippen LogP contribution in [0.3, 0.4) is 0 Å². The van der Waals surface area contributed by atoms with Crippen LogP contribution in [0, 0.1) is 13.8 Å². The molecule has 2 aromatic carbocycles. The van der Waals surface area contributed by atoms with Gasteiger partial charge >= 0.3 is 0 Å². The van der Waals surface area contributed by atoms with Gasteiger partial charge in [0.25, 0.3) is 0 Å². The average Bonchev–Trinajstić information content (AvgIpc) is 2.35. The Bertz CT molecular complexity index is 561. The molecule has 0 atom stereocenters. The first-order valence-electron chi connectivity index (χ1n) is 6.23. The number of rotatable bonds is 4. The van der Waals surface area contributed by atoms with E-state index in [1.807, 2.05) is 18.2 Å². The van der Waals surface area contributed by atoms with Crippen LogP contribution in [-0.2, 0) is 6.54 Å². The molecule has 0 amide bonds. The second kappa shape index (κ2) is 5.98. The summed E-state index contributed by atoms with van der Waals surface area (Å²) >= 11 is 6.02. The fourth-order valence-electron chi connectivity index (χ4n) is 2.16. The third kappa shape index (κ3) is 3.65. The van der Waals surface area contributed by atoms with Gasteiger partial charge in [0.1, 0.15) is 5.75 Å². The van der Waals surface area contributed by atoms with Crippen LogP contribution in [0.5, 0.6) is 5.75 Å². The standard InChI is InChI=1S/C16H18ClNO/c1-11-6-12(2)8-15(7-11)18-10-13-9-14(17)4-5-16(13)19-3/h4-9,18H,10H2,1-3H3. The molecule has 0 unspecified atom stereocenters. The third-order valence-corrected chi connectivity index (χ3v) is 3.18. The molecule has 100 valence electrons. The van der Waals surface area contributed by atoms with Gasteiger partial charge in [-0.3, -0.25) is 0 Å². The number of ether oxygens (including phenoxy) is 1. The van der Waals surface area contributed by atoms with Crippen LogP contribution in [0.25, 0.3) is 0 Å². The minimum Gasteiger partial charge on any atom is -0.496 e. The number of methoxy groups -OCH3 is 1. The molecule has 19 heavy (non-hydrogen) atoms. The van der Waals surface area contributed by atoms with Crippen molar-refractivity contribution >= 4 is 17.3 Å². The summed E-state index contributed by atoms with van der Waals surface area (Å²) in [7, 11) is 1.67. The second-order valence-electron chi connectivity index (χ2n) is 4.69. The molecule has 0 aliphatic carbocycles. The number of hydrogen-bond donors (Lipinski definition) is 1. The Kier molecular flexibility index (Phi) is 4.33. The zero-order valence-corrected chi connectivity index (χ0v) is 12.2. The van der Waals surface area contributed by atoms with Gasteiger partial charge in [-0.25, -0.2) is 0 Å². The van der Waals surface area contributed by atoms with Crippen LogP contribution in [0.2, 0.25) is 5.02 Å². The molecule has 0 aromatic heterocycles. The van der Waals surface area contributed by atoms with E-state index in [9.17, 15) is 0 Å².